The Hall–Kier alpha value is -0.900. The highest BCUT2D eigenvalue weighted by Crippen LogP contribution is 2.62. The van der Waals surface area contributed by atoms with E-state index in [9.17, 15) is 0 Å². The van der Waals surface area contributed by atoms with Crippen LogP contribution in [0.5, 0.6) is 0 Å². The summed E-state index contributed by atoms with van der Waals surface area (Å²) in [6.07, 6.45) is 4.19. The van der Waals surface area contributed by atoms with E-state index in [1.807, 2.05) is 7.05 Å². The molecule has 2 fully saturated rings. The topological polar surface area (TPSA) is 56.7 Å². The first-order valence-corrected chi connectivity index (χ1v) is 5.41. The molecule has 2 unspecified atom stereocenters. The number of nitrogens with two attached hydrogens (primary N) is 1. The van der Waals surface area contributed by atoms with Crippen molar-refractivity contribution in [2.45, 2.75) is 31.7 Å². The molecule has 2 atom stereocenters. The second-order valence-corrected chi connectivity index (χ2v) is 4.52. The fourth-order valence-corrected chi connectivity index (χ4v) is 3.05. The van der Waals surface area contributed by atoms with E-state index in [2.05, 4.69) is 14.8 Å². The van der Waals surface area contributed by atoms with Gasteiger partial charge in [-0.25, -0.2) is 0 Å². The van der Waals surface area contributed by atoms with Crippen molar-refractivity contribution in [3.8, 4) is 0 Å². The van der Waals surface area contributed by atoms with Gasteiger partial charge in [-0.05, 0) is 24.7 Å². The Bertz CT molecular complexity index is 347. The van der Waals surface area contributed by atoms with Crippen LogP contribution in [0.4, 0.5) is 0 Å². The molecule has 2 saturated carbocycles. The van der Waals surface area contributed by atoms with Gasteiger partial charge in [-0.2, -0.15) is 0 Å². The Labute approximate surface area is 83.5 Å². The molecule has 2 aliphatic rings. The molecular formula is C10H16N4. The molecule has 1 heterocycles. The highest BCUT2D eigenvalue weighted by atomic mass is 15.3. The lowest BCUT2D eigenvalue weighted by Gasteiger charge is -2.03. The van der Waals surface area contributed by atoms with Gasteiger partial charge >= 0.3 is 0 Å². The van der Waals surface area contributed by atoms with E-state index in [-0.39, 0.29) is 0 Å². The summed E-state index contributed by atoms with van der Waals surface area (Å²) in [7, 11) is 2.03. The summed E-state index contributed by atoms with van der Waals surface area (Å²) in [6, 6.07) is 0. The minimum absolute atomic E-state index is 0.492. The number of hydrogen-bond acceptors (Lipinski definition) is 3. The van der Waals surface area contributed by atoms with Gasteiger partial charge in [-0.3, -0.25) is 0 Å². The Morgan fingerprint density at radius 2 is 2.07 bits per heavy atom. The third kappa shape index (κ3) is 0.974. The molecule has 0 aliphatic heterocycles. The van der Waals surface area contributed by atoms with Crippen LogP contribution in [0.25, 0.3) is 0 Å². The SMILES string of the molecule is Cn1c(CN)nnc1C1C2CCCC21. The van der Waals surface area contributed by atoms with Crippen molar-refractivity contribution in [1.82, 2.24) is 14.8 Å². The maximum Gasteiger partial charge on any atom is 0.146 e. The van der Waals surface area contributed by atoms with Crippen molar-refractivity contribution in [2.75, 3.05) is 0 Å². The van der Waals surface area contributed by atoms with E-state index in [0.29, 0.717) is 12.5 Å². The van der Waals surface area contributed by atoms with Gasteiger partial charge in [0.25, 0.3) is 0 Å². The van der Waals surface area contributed by atoms with Crippen LogP contribution < -0.4 is 5.73 Å². The number of hydrogen-bond donors (Lipinski definition) is 1. The molecule has 1 aromatic rings. The van der Waals surface area contributed by atoms with E-state index >= 15 is 0 Å². The zero-order valence-electron chi connectivity index (χ0n) is 8.48. The molecule has 14 heavy (non-hydrogen) atoms. The van der Waals surface area contributed by atoms with Crippen molar-refractivity contribution in [3.63, 3.8) is 0 Å². The fraction of sp³-hybridized carbons (Fsp3) is 0.800. The molecule has 0 aromatic carbocycles. The third-order valence-corrected chi connectivity index (χ3v) is 3.89. The summed E-state index contributed by atoms with van der Waals surface area (Å²) < 4.78 is 2.09. The molecule has 2 aliphatic carbocycles. The van der Waals surface area contributed by atoms with Gasteiger partial charge in [-0.1, -0.05) is 6.42 Å². The van der Waals surface area contributed by atoms with E-state index < -0.39 is 0 Å². The third-order valence-electron chi connectivity index (χ3n) is 3.89. The Morgan fingerprint density at radius 3 is 2.64 bits per heavy atom. The number of nitrogens with zero attached hydrogens (tertiary/aromatic N) is 3. The van der Waals surface area contributed by atoms with E-state index in [4.69, 9.17) is 5.73 Å². The van der Waals surface area contributed by atoms with Crippen LogP contribution in [-0.2, 0) is 13.6 Å². The lowest BCUT2D eigenvalue weighted by atomic mass is 10.1. The minimum atomic E-state index is 0.492. The molecule has 2 N–H and O–H groups in total. The van der Waals surface area contributed by atoms with Gasteiger partial charge in [0, 0.05) is 13.0 Å². The van der Waals surface area contributed by atoms with Gasteiger partial charge in [0.05, 0.1) is 6.54 Å². The second kappa shape index (κ2) is 2.79. The molecule has 0 radical (unpaired) electrons. The number of rotatable bonds is 2. The van der Waals surface area contributed by atoms with Crippen molar-refractivity contribution in [3.05, 3.63) is 11.6 Å². The summed E-state index contributed by atoms with van der Waals surface area (Å²) in [5.41, 5.74) is 5.58. The highest BCUT2D eigenvalue weighted by molar-refractivity contribution is 5.19. The molecule has 0 amide bonds. The lowest BCUT2D eigenvalue weighted by molar-refractivity contribution is 0.631. The predicted molar refractivity (Wildman–Crippen MR) is 52.5 cm³/mol. The fourth-order valence-electron chi connectivity index (χ4n) is 3.05. The summed E-state index contributed by atoms with van der Waals surface area (Å²) >= 11 is 0. The van der Waals surface area contributed by atoms with Crippen molar-refractivity contribution in [1.29, 1.82) is 0 Å². The van der Waals surface area contributed by atoms with Crippen LogP contribution in [0, 0.1) is 11.8 Å². The summed E-state index contributed by atoms with van der Waals surface area (Å²) in [4.78, 5) is 0. The van der Waals surface area contributed by atoms with Gasteiger partial charge in [0.2, 0.25) is 0 Å². The Morgan fingerprint density at radius 1 is 1.36 bits per heavy atom. The maximum atomic E-state index is 5.58. The Balaban J connectivity index is 1.87. The molecule has 0 bridgehead atoms. The summed E-state index contributed by atoms with van der Waals surface area (Å²) in [6.45, 7) is 0.492. The first kappa shape index (κ1) is 8.41. The van der Waals surface area contributed by atoms with Gasteiger partial charge in [0.1, 0.15) is 11.6 Å². The smallest absolute Gasteiger partial charge is 0.146 e. The van der Waals surface area contributed by atoms with E-state index in [0.717, 1.165) is 17.7 Å². The predicted octanol–water partition coefficient (Wildman–Crippen LogP) is 0.787. The molecule has 76 valence electrons. The van der Waals surface area contributed by atoms with Gasteiger partial charge in [-0.15, -0.1) is 10.2 Å². The van der Waals surface area contributed by atoms with Crippen LogP contribution in [0.15, 0.2) is 0 Å². The van der Waals surface area contributed by atoms with Crippen molar-refractivity contribution >= 4 is 0 Å². The normalized spacial score (nSPS) is 34.6. The molecular weight excluding hydrogens is 176 g/mol. The number of aromatic nitrogens is 3. The van der Waals surface area contributed by atoms with Crippen LogP contribution in [0.1, 0.15) is 36.8 Å². The van der Waals surface area contributed by atoms with Crippen LogP contribution in [0.3, 0.4) is 0 Å². The van der Waals surface area contributed by atoms with Crippen molar-refractivity contribution < 1.29 is 0 Å². The largest absolute Gasteiger partial charge is 0.324 e. The number of fused-ring (bicyclic) bond motifs is 1. The van der Waals surface area contributed by atoms with Crippen LogP contribution >= 0.6 is 0 Å². The highest BCUT2D eigenvalue weighted by Gasteiger charge is 2.55. The van der Waals surface area contributed by atoms with Crippen LogP contribution in [-0.4, -0.2) is 14.8 Å². The first-order chi connectivity index (χ1) is 6.83. The lowest BCUT2D eigenvalue weighted by Crippen LogP contribution is -2.07. The standard InChI is InChI=1S/C10H16N4/c1-14-8(5-11)12-13-10(14)9-6-3-2-4-7(6)9/h6-7,9H,2-5,11H2,1H3. The summed E-state index contributed by atoms with van der Waals surface area (Å²) in [5.74, 6) is 4.58. The average Bonchev–Trinajstić information content (AvgIpc) is 2.62. The summed E-state index contributed by atoms with van der Waals surface area (Å²) in [5, 5.41) is 8.37. The van der Waals surface area contributed by atoms with E-state index in [1.54, 1.807) is 0 Å². The maximum absolute atomic E-state index is 5.58. The Kier molecular flexibility index (Phi) is 1.68. The van der Waals surface area contributed by atoms with Gasteiger partial charge < -0.3 is 10.3 Å². The molecule has 4 heteroatoms. The van der Waals surface area contributed by atoms with E-state index in [1.165, 1.54) is 25.1 Å². The molecule has 1 aromatic heterocycles. The zero-order valence-corrected chi connectivity index (χ0v) is 8.48. The molecule has 0 spiro atoms. The zero-order chi connectivity index (χ0) is 9.71. The van der Waals surface area contributed by atoms with Crippen LogP contribution in [0.2, 0.25) is 0 Å². The first-order valence-electron chi connectivity index (χ1n) is 5.41. The monoisotopic (exact) mass is 192 g/mol. The molecule has 4 nitrogen and oxygen atoms in total. The molecule has 3 rings (SSSR count). The second-order valence-electron chi connectivity index (χ2n) is 4.52. The molecule has 0 saturated heterocycles. The van der Waals surface area contributed by atoms with Gasteiger partial charge in [0.15, 0.2) is 0 Å². The quantitative estimate of drug-likeness (QED) is 0.753. The minimum Gasteiger partial charge on any atom is -0.324 e. The average molecular weight is 192 g/mol. The van der Waals surface area contributed by atoms with Crippen molar-refractivity contribution in [2.24, 2.45) is 24.6 Å².